The molecule has 2 N–H and O–H groups in total. The second-order valence-electron chi connectivity index (χ2n) is 7.29. The van der Waals surface area contributed by atoms with E-state index < -0.39 is 5.54 Å². The van der Waals surface area contributed by atoms with Gasteiger partial charge in [-0.25, -0.2) is 0 Å². The second-order valence-corrected chi connectivity index (χ2v) is 8.07. The fraction of sp³-hybridized carbons (Fsp3) is 0.667. The van der Waals surface area contributed by atoms with Gasteiger partial charge in [0.1, 0.15) is 0 Å². The van der Waals surface area contributed by atoms with Gasteiger partial charge in [-0.15, -0.1) is 0 Å². The quantitative estimate of drug-likeness (QED) is 0.891. The Kier molecular flexibility index (Phi) is 5.25. The lowest BCUT2D eigenvalue weighted by molar-refractivity contribution is -0.138. The Balaban J connectivity index is 1.63. The van der Waals surface area contributed by atoms with Crippen molar-refractivity contribution in [2.45, 2.75) is 44.6 Å². The summed E-state index contributed by atoms with van der Waals surface area (Å²) in [6.07, 6.45) is 4.83. The number of amides is 2. The molecule has 6 heteroatoms. The molecule has 2 fully saturated rings. The molecule has 2 amide bonds. The van der Waals surface area contributed by atoms with E-state index in [2.05, 4.69) is 0 Å². The van der Waals surface area contributed by atoms with Gasteiger partial charge in [0.15, 0.2) is 0 Å². The van der Waals surface area contributed by atoms with Crippen LogP contribution in [0.25, 0.3) is 0 Å². The Bertz CT molecular complexity index is 585. The molecular formula is C18H27N3O2S. The molecule has 2 heterocycles. The van der Waals surface area contributed by atoms with E-state index >= 15 is 0 Å². The maximum Gasteiger partial charge on any atom is 0.254 e. The number of rotatable bonds is 2. The highest BCUT2D eigenvalue weighted by molar-refractivity contribution is 7.08. The van der Waals surface area contributed by atoms with Crippen molar-refractivity contribution in [1.82, 2.24) is 9.80 Å². The SMILES string of the molecule is CC1(N)CCCCC1C(=O)N1CCCN(C(=O)c2ccsc2)CC1. The van der Waals surface area contributed by atoms with E-state index in [0.717, 1.165) is 44.2 Å². The first kappa shape index (κ1) is 17.4. The number of nitrogens with two attached hydrogens (primary N) is 1. The van der Waals surface area contributed by atoms with Crippen molar-refractivity contribution in [3.63, 3.8) is 0 Å². The molecule has 1 aromatic heterocycles. The molecule has 0 radical (unpaired) electrons. The predicted molar refractivity (Wildman–Crippen MR) is 96.0 cm³/mol. The van der Waals surface area contributed by atoms with Crippen molar-refractivity contribution in [2.24, 2.45) is 11.7 Å². The van der Waals surface area contributed by atoms with Gasteiger partial charge in [0.25, 0.3) is 5.91 Å². The zero-order valence-electron chi connectivity index (χ0n) is 14.4. The third-order valence-electron chi connectivity index (χ3n) is 5.42. The molecule has 1 aromatic rings. The molecular weight excluding hydrogens is 322 g/mol. The van der Waals surface area contributed by atoms with Gasteiger partial charge in [0.2, 0.25) is 5.91 Å². The molecule has 3 rings (SSSR count). The van der Waals surface area contributed by atoms with Crippen molar-refractivity contribution in [3.05, 3.63) is 22.4 Å². The number of hydrogen-bond donors (Lipinski definition) is 1. The van der Waals surface area contributed by atoms with Gasteiger partial charge in [-0.05, 0) is 37.6 Å². The molecule has 1 aliphatic carbocycles. The fourth-order valence-corrected chi connectivity index (χ4v) is 4.52. The number of carbonyl (C=O) groups excluding carboxylic acids is 2. The molecule has 0 aromatic carbocycles. The van der Waals surface area contributed by atoms with Crippen molar-refractivity contribution in [3.8, 4) is 0 Å². The molecule has 24 heavy (non-hydrogen) atoms. The van der Waals surface area contributed by atoms with Gasteiger partial charge in [0, 0.05) is 37.1 Å². The molecule has 0 bridgehead atoms. The topological polar surface area (TPSA) is 66.6 Å². The van der Waals surface area contributed by atoms with Crippen LogP contribution < -0.4 is 5.73 Å². The highest BCUT2D eigenvalue weighted by Gasteiger charge is 2.40. The van der Waals surface area contributed by atoms with E-state index in [4.69, 9.17) is 5.73 Å². The summed E-state index contributed by atoms with van der Waals surface area (Å²) in [6, 6.07) is 1.86. The molecule has 1 aliphatic heterocycles. The van der Waals surface area contributed by atoms with E-state index in [1.165, 1.54) is 11.3 Å². The van der Waals surface area contributed by atoms with E-state index in [1.807, 2.05) is 33.6 Å². The lowest BCUT2D eigenvalue weighted by atomic mass is 9.74. The van der Waals surface area contributed by atoms with Gasteiger partial charge in [-0.3, -0.25) is 9.59 Å². The Labute approximate surface area is 147 Å². The molecule has 2 unspecified atom stereocenters. The monoisotopic (exact) mass is 349 g/mol. The maximum atomic E-state index is 13.0. The fourth-order valence-electron chi connectivity index (χ4n) is 3.89. The first-order valence-electron chi connectivity index (χ1n) is 8.88. The molecule has 132 valence electrons. The minimum absolute atomic E-state index is 0.0758. The Morgan fingerprint density at radius 1 is 1.17 bits per heavy atom. The van der Waals surface area contributed by atoms with E-state index in [1.54, 1.807) is 0 Å². The van der Waals surface area contributed by atoms with Crippen LogP contribution >= 0.6 is 11.3 Å². The summed E-state index contributed by atoms with van der Waals surface area (Å²) in [6.45, 7) is 4.66. The van der Waals surface area contributed by atoms with Crippen LogP contribution in [-0.4, -0.2) is 53.3 Å². The molecule has 1 saturated heterocycles. The summed E-state index contributed by atoms with van der Waals surface area (Å²) in [7, 11) is 0. The smallest absolute Gasteiger partial charge is 0.254 e. The van der Waals surface area contributed by atoms with Crippen molar-refractivity contribution in [1.29, 1.82) is 0 Å². The zero-order chi connectivity index (χ0) is 17.2. The molecule has 1 saturated carbocycles. The van der Waals surface area contributed by atoms with Crippen LogP contribution in [0.1, 0.15) is 49.4 Å². The number of thiophene rings is 1. The van der Waals surface area contributed by atoms with Gasteiger partial charge >= 0.3 is 0 Å². The van der Waals surface area contributed by atoms with Crippen LogP contribution in [0.15, 0.2) is 16.8 Å². The predicted octanol–water partition coefficient (Wildman–Crippen LogP) is 2.33. The van der Waals surface area contributed by atoms with E-state index in [-0.39, 0.29) is 17.7 Å². The van der Waals surface area contributed by atoms with Crippen molar-refractivity contribution >= 4 is 23.2 Å². The summed E-state index contributed by atoms with van der Waals surface area (Å²) in [5.74, 6) is 0.182. The first-order valence-corrected chi connectivity index (χ1v) is 9.82. The normalized spacial score (nSPS) is 28.5. The average Bonchev–Trinajstić information content (AvgIpc) is 2.98. The first-order chi connectivity index (χ1) is 11.5. The molecule has 0 spiro atoms. The summed E-state index contributed by atoms with van der Waals surface area (Å²) >= 11 is 1.54. The van der Waals surface area contributed by atoms with Crippen LogP contribution in [0.2, 0.25) is 0 Å². The largest absolute Gasteiger partial charge is 0.341 e. The van der Waals surface area contributed by atoms with Crippen LogP contribution in [0.5, 0.6) is 0 Å². The van der Waals surface area contributed by atoms with Gasteiger partial charge in [-0.1, -0.05) is 12.8 Å². The molecule has 2 aliphatic rings. The third kappa shape index (κ3) is 3.64. The van der Waals surface area contributed by atoms with Crippen LogP contribution in [0, 0.1) is 5.92 Å². The number of carbonyl (C=O) groups is 2. The Morgan fingerprint density at radius 3 is 2.62 bits per heavy atom. The lowest BCUT2D eigenvalue weighted by Gasteiger charge is -2.39. The summed E-state index contributed by atoms with van der Waals surface area (Å²) < 4.78 is 0. The van der Waals surface area contributed by atoms with Gasteiger partial charge < -0.3 is 15.5 Å². The zero-order valence-corrected chi connectivity index (χ0v) is 15.2. The Morgan fingerprint density at radius 2 is 1.92 bits per heavy atom. The third-order valence-corrected chi connectivity index (χ3v) is 6.10. The van der Waals surface area contributed by atoms with E-state index in [0.29, 0.717) is 19.6 Å². The van der Waals surface area contributed by atoms with Crippen molar-refractivity contribution < 1.29 is 9.59 Å². The molecule has 2 atom stereocenters. The van der Waals surface area contributed by atoms with Gasteiger partial charge in [0.05, 0.1) is 11.5 Å². The highest BCUT2D eigenvalue weighted by Crippen LogP contribution is 2.33. The minimum atomic E-state index is -0.395. The van der Waals surface area contributed by atoms with Crippen LogP contribution in [0.3, 0.4) is 0 Å². The van der Waals surface area contributed by atoms with Crippen molar-refractivity contribution in [2.75, 3.05) is 26.2 Å². The lowest BCUT2D eigenvalue weighted by Crippen LogP contribution is -2.54. The second kappa shape index (κ2) is 7.23. The molecule has 5 nitrogen and oxygen atoms in total. The summed E-state index contributed by atoms with van der Waals surface area (Å²) in [5, 5.41) is 3.81. The van der Waals surface area contributed by atoms with Crippen LogP contribution in [-0.2, 0) is 4.79 Å². The summed E-state index contributed by atoms with van der Waals surface area (Å²) in [5.41, 5.74) is 6.75. The average molecular weight is 350 g/mol. The van der Waals surface area contributed by atoms with E-state index in [9.17, 15) is 9.59 Å². The summed E-state index contributed by atoms with van der Waals surface area (Å²) in [4.78, 5) is 29.3. The van der Waals surface area contributed by atoms with Gasteiger partial charge in [-0.2, -0.15) is 11.3 Å². The highest BCUT2D eigenvalue weighted by atomic mass is 32.1. The number of hydrogen-bond acceptors (Lipinski definition) is 4. The number of nitrogens with zero attached hydrogens (tertiary/aromatic N) is 2. The van der Waals surface area contributed by atoms with Crippen LogP contribution in [0.4, 0.5) is 0 Å². The Hall–Kier alpha value is -1.40. The minimum Gasteiger partial charge on any atom is -0.341 e. The maximum absolute atomic E-state index is 13.0. The standard InChI is InChI=1S/C18H27N3O2S/c1-18(19)7-3-2-5-15(18)17(23)21-9-4-8-20(10-11-21)16(22)14-6-12-24-13-14/h6,12-13,15H,2-5,7-11,19H2,1H3.